The molecule has 0 saturated carbocycles. The maximum atomic E-state index is 11.0. The summed E-state index contributed by atoms with van der Waals surface area (Å²) in [7, 11) is 1.62. The number of benzene rings is 1. The van der Waals surface area contributed by atoms with Gasteiger partial charge in [0.2, 0.25) is 0 Å². The summed E-state index contributed by atoms with van der Waals surface area (Å²) in [6.07, 6.45) is 1.70. The molecule has 0 radical (unpaired) electrons. The van der Waals surface area contributed by atoms with E-state index >= 15 is 0 Å². The summed E-state index contributed by atoms with van der Waals surface area (Å²) >= 11 is 3.38. The number of pyridine rings is 1. The Morgan fingerprint density at radius 2 is 2.00 bits per heavy atom. The van der Waals surface area contributed by atoms with Gasteiger partial charge in [-0.05, 0) is 52.3 Å². The topological polar surface area (TPSA) is 63.8 Å². The highest BCUT2D eigenvalue weighted by atomic mass is 79.9. The Morgan fingerprint density at radius 1 is 1.29 bits per heavy atom. The first-order valence-electron chi connectivity index (χ1n) is 6.15. The molecular formula is C15H11BrN2O3. The van der Waals surface area contributed by atoms with Crippen LogP contribution in [-0.2, 0) is 0 Å². The van der Waals surface area contributed by atoms with Crippen LogP contribution in [0.3, 0.4) is 0 Å². The highest BCUT2D eigenvalue weighted by Gasteiger charge is 2.13. The number of hydrogen-bond acceptors (Lipinski definition) is 3. The molecule has 0 aliphatic carbocycles. The molecule has 2 heterocycles. The van der Waals surface area contributed by atoms with E-state index in [-0.39, 0.29) is 5.56 Å². The molecule has 0 fully saturated rings. The molecule has 0 saturated heterocycles. The lowest BCUT2D eigenvalue weighted by atomic mass is 10.2. The van der Waals surface area contributed by atoms with Gasteiger partial charge in [-0.3, -0.25) is 4.40 Å². The second-order valence-corrected chi connectivity index (χ2v) is 5.18. The van der Waals surface area contributed by atoms with Crippen molar-refractivity contribution in [2.75, 3.05) is 7.11 Å². The van der Waals surface area contributed by atoms with Crippen molar-refractivity contribution in [2.24, 2.45) is 0 Å². The van der Waals surface area contributed by atoms with Crippen molar-refractivity contribution in [3.8, 4) is 17.1 Å². The van der Waals surface area contributed by atoms with Gasteiger partial charge in [-0.2, -0.15) is 0 Å². The van der Waals surface area contributed by atoms with E-state index in [0.29, 0.717) is 10.1 Å². The van der Waals surface area contributed by atoms with Gasteiger partial charge in [0.05, 0.1) is 18.2 Å². The molecule has 106 valence electrons. The Balaban J connectivity index is 2.16. The van der Waals surface area contributed by atoms with Gasteiger partial charge in [-0.15, -0.1) is 0 Å². The van der Waals surface area contributed by atoms with E-state index in [2.05, 4.69) is 20.9 Å². The minimum Gasteiger partial charge on any atom is -0.497 e. The number of aromatic carboxylic acids is 1. The molecule has 5 nitrogen and oxygen atoms in total. The molecule has 1 aromatic carbocycles. The Morgan fingerprint density at radius 3 is 2.62 bits per heavy atom. The lowest BCUT2D eigenvalue weighted by Crippen LogP contribution is -1.98. The van der Waals surface area contributed by atoms with Crippen molar-refractivity contribution in [3.63, 3.8) is 0 Å². The number of ether oxygens (including phenoxy) is 1. The second-order valence-electron chi connectivity index (χ2n) is 4.43. The standard InChI is InChI=1S/C15H11BrN2O3/c1-21-11-4-2-9(3-5-11)14-17-13(16)12-8-10(15(19)20)6-7-18(12)14/h2-8H,1H3,(H,19,20). The summed E-state index contributed by atoms with van der Waals surface area (Å²) in [5.74, 6) is 0.542. The van der Waals surface area contributed by atoms with Crippen molar-refractivity contribution in [3.05, 3.63) is 52.8 Å². The van der Waals surface area contributed by atoms with Crippen molar-refractivity contribution in [1.82, 2.24) is 9.38 Å². The Hall–Kier alpha value is -2.34. The zero-order valence-electron chi connectivity index (χ0n) is 11.1. The number of methoxy groups -OCH3 is 1. The number of carboxylic acid groups (broad SMARTS) is 1. The van der Waals surface area contributed by atoms with Gasteiger partial charge in [0.1, 0.15) is 16.2 Å². The SMILES string of the molecule is COc1ccc(-c2nc(Br)c3cc(C(=O)O)ccn23)cc1. The van der Waals surface area contributed by atoms with E-state index < -0.39 is 5.97 Å². The Kier molecular flexibility index (Phi) is 3.39. The molecule has 21 heavy (non-hydrogen) atoms. The molecule has 0 atom stereocenters. The normalized spacial score (nSPS) is 10.8. The molecule has 0 aliphatic heterocycles. The summed E-state index contributed by atoms with van der Waals surface area (Å²) in [6.45, 7) is 0. The van der Waals surface area contributed by atoms with Crippen LogP contribution < -0.4 is 4.74 Å². The largest absolute Gasteiger partial charge is 0.497 e. The number of fused-ring (bicyclic) bond motifs is 1. The monoisotopic (exact) mass is 346 g/mol. The number of nitrogens with zero attached hydrogens (tertiary/aromatic N) is 2. The summed E-state index contributed by atoms with van der Waals surface area (Å²) in [6, 6.07) is 10.7. The van der Waals surface area contributed by atoms with E-state index in [9.17, 15) is 4.79 Å². The van der Waals surface area contributed by atoms with Gasteiger partial charge < -0.3 is 9.84 Å². The molecule has 0 unspecified atom stereocenters. The summed E-state index contributed by atoms with van der Waals surface area (Å²) < 4.78 is 7.59. The van der Waals surface area contributed by atoms with Gasteiger partial charge in [-0.1, -0.05) is 0 Å². The average Bonchev–Trinajstić information content (AvgIpc) is 2.84. The van der Waals surface area contributed by atoms with Crippen LogP contribution in [0.25, 0.3) is 16.9 Å². The fourth-order valence-corrected chi connectivity index (χ4v) is 2.60. The predicted molar refractivity (Wildman–Crippen MR) is 81.8 cm³/mol. The van der Waals surface area contributed by atoms with Crippen LogP contribution in [0.15, 0.2) is 47.2 Å². The summed E-state index contributed by atoms with van der Waals surface area (Å²) in [5.41, 5.74) is 1.85. The van der Waals surface area contributed by atoms with Crippen LogP contribution in [0.5, 0.6) is 5.75 Å². The fourth-order valence-electron chi connectivity index (χ4n) is 2.12. The second kappa shape index (κ2) is 5.21. The maximum absolute atomic E-state index is 11.0. The Labute approximate surface area is 128 Å². The van der Waals surface area contributed by atoms with E-state index in [0.717, 1.165) is 17.1 Å². The Bertz CT molecular complexity index is 825. The van der Waals surface area contributed by atoms with Crippen molar-refractivity contribution in [1.29, 1.82) is 0 Å². The molecule has 0 amide bonds. The van der Waals surface area contributed by atoms with Gasteiger partial charge in [0, 0.05) is 11.8 Å². The van der Waals surface area contributed by atoms with Crippen LogP contribution in [0.2, 0.25) is 0 Å². The number of rotatable bonds is 3. The maximum Gasteiger partial charge on any atom is 0.335 e. The summed E-state index contributed by atoms with van der Waals surface area (Å²) in [5, 5.41) is 9.06. The number of imidazole rings is 1. The highest BCUT2D eigenvalue weighted by Crippen LogP contribution is 2.27. The lowest BCUT2D eigenvalue weighted by Gasteiger charge is -2.04. The van der Waals surface area contributed by atoms with Crippen LogP contribution >= 0.6 is 15.9 Å². The van der Waals surface area contributed by atoms with E-state index in [1.54, 1.807) is 25.4 Å². The first kappa shape index (κ1) is 13.6. The average molecular weight is 347 g/mol. The van der Waals surface area contributed by atoms with Gasteiger partial charge in [0.25, 0.3) is 0 Å². The fraction of sp³-hybridized carbons (Fsp3) is 0.0667. The molecule has 2 aromatic heterocycles. The van der Waals surface area contributed by atoms with Gasteiger partial charge in [-0.25, -0.2) is 9.78 Å². The third kappa shape index (κ3) is 2.38. The first-order chi connectivity index (χ1) is 10.1. The molecular weight excluding hydrogens is 336 g/mol. The predicted octanol–water partition coefficient (Wildman–Crippen LogP) is 3.47. The number of carboxylic acids is 1. The van der Waals surface area contributed by atoms with Gasteiger partial charge >= 0.3 is 5.97 Å². The molecule has 0 aliphatic rings. The van der Waals surface area contributed by atoms with Crippen LogP contribution in [0.1, 0.15) is 10.4 Å². The number of aromatic nitrogens is 2. The third-order valence-electron chi connectivity index (χ3n) is 3.19. The molecule has 6 heteroatoms. The van der Waals surface area contributed by atoms with Crippen LogP contribution in [0, 0.1) is 0 Å². The lowest BCUT2D eigenvalue weighted by molar-refractivity contribution is 0.0697. The molecule has 3 aromatic rings. The van der Waals surface area contributed by atoms with Gasteiger partial charge in [0.15, 0.2) is 0 Å². The zero-order chi connectivity index (χ0) is 15.0. The first-order valence-corrected chi connectivity index (χ1v) is 6.95. The molecule has 3 rings (SSSR count). The van der Waals surface area contributed by atoms with Crippen LogP contribution in [-0.4, -0.2) is 27.6 Å². The third-order valence-corrected chi connectivity index (χ3v) is 3.78. The van der Waals surface area contributed by atoms with Crippen molar-refractivity contribution >= 4 is 27.4 Å². The smallest absolute Gasteiger partial charge is 0.335 e. The van der Waals surface area contributed by atoms with E-state index in [1.165, 1.54) is 0 Å². The highest BCUT2D eigenvalue weighted by molar-refractivity contribution is 9.10. The quantitative estimate of drug-likeness (QED) is 0.788. The minimum atomic E-state index is -0.961. The summed E-state index contributed by atoms with van der Waals surface area (Å²) in [4.78, 5) is 15.5. The number of hydrogen-bond donors (Lipinski definition) is 1. The van der Waals surface area contributed by atoms with E-state index in [4.69, 9.17) is 9.84 Å². The number of carbonyl (C=O) groups is 1. The minimum absolute atomic E-state index is 0.226. The molecule has 1 N–H and O–H groups in total. The van der Waals surface area contributed by atoms with E-state index in [1.807, 2.05) is 28.7 Å². The molecule has 0 bridgehead atoms. The van der Waals surface area contributed by atoms with Crippen LogP contribution in [0.4, 0.5) is 0 Å². The van der Waals surface area contributed by atoms with Crippen molar-refractivity contribution < 1.29 is 14.6 Å². The zero-order valence-corrected chi connectivity index (χ0v) is 12.7. The van der Waals surface area contributed by atoms with Crippen molar-refractivity contribution in [2.45, 2.75) is 0 Å². The number of halogens is 1. The molecule has 0 spiro atoms.